The molecular formula is C21H22IN3O4. The van der Waals surface area contributed by atoms with Crippen molar-refractivity contribution in [2.45, 2.75) is 19.9 Å². The molecule has 0 aromatic heterocycles. The van der Waals surface area contributed by atoms with Crippen molar-refractivity contribution in [1.82, 2.24) is 10.6 Å². The average molecular weight is 507 g/mol. The van der Waals surface area contributed by atoms with Gasteiger partial charge in [0, 0.05) is 15.0 Å². The summed E-state index contributed by atoms with van der Waals surface area (Å²) in [4.78, 5) is 25.2. The van der Waals surface area contributed by atoms with Crippen LogP contribution >= 0.6 is 22.6 Å². The van der Waals surface area contributed by atoms with Crippen LogP contribution < -0.4 is 25.4 Å². The Labute approximate surface area is 183 Å². The number of carbonyl (C=O) groups excluding carboxylic acids is 2. The molecule has 8 heteroatoms. The lowest BCUT2D eigenvalue weighted by Crippen LogP contribution is -2.46. The molecule has 29 heavy (non-hydrogen) atoms. The van der Waals surface area contributed by atoms with Crippen molar-refractivity contribution >= 4 is 40.2 Å². The number of hydrogen-bond donors (Lipinski definition) is 3. The predicted molar refractivity (Wildman–Crippen MR) is 119 cm³/mol. The molecule has 3 rings (SSSR count). The minimum atomic E-state index is -0.628. The maximum atomic E-state index is 13.1. The van der Waals surface area contributed by atoms with Crippen LogP contribution in [0, 0.1) is 3.57 Å². The minimum absolute atomic E-state index is 0.297. The Hall–Kier alpha value is -2.75. The maximum absolute atomic E-state index is 13.1. The molecule has 1 aliphatic heterocycles. The van der Waals surface area contributed by atoms with Gasteiger partial charge < -0.3 is 25.4 Å². The third-order valence-corrected chi connectivity index (χ3v) is 5.16. The van der Waals surface area contributed by atoms with Crippen molar-refractivity contribution in [3.63, 3.8) is 0 Å². The fourth-order valence-corrected chi connectivity index (χ4v) is 3.47. The van der Waals surface area contributed by atoms with Crippen molar-refractivity contribution in [1.29, 1.82) is 0 Å². The van der Waals surface area contributed by atoms with Crippen LogP contribution in [0.3, 0.4) is 0 Å². The Morgan fingerprint density at radius 1 is 1.17 bits per heavy atom. The van der Waals surface area contributed by atoms with Crippen LogP contribution in [0.25, 0.3) is 0 Å². The third-order valence-electron chi connectivity index (χ3n) is 4.44. The summed E-state index contributed by atoms with van der Waals surface area (Å²) in [6, 6.07) is 11.8. The van der Waals surface area contributed by atoms with E-state index in [4.69, 9.17) is 9.47 Å². The van der Waals surface area contributed by atoms with Crippen LogP contribution in [0.15, 0.2) is 53.7 Å². The van der Waals surface area contributed by atoms with Crippen LogP contribution in [0.2, 0.25) is 0 Å². The van der Waals surface area contributed by atoms with E-state index in [0.717, 1.165) is 3.57 Å². The number of halogens is 1. The van der Waals surface area contributed by atoms with Crippen molar-refractivity contribution < 1.29 is 19.1 Å². The largest absolute Gasteiger partial charge is 0.493 e. The quantitative estimate of drug-likeness (QED) is 0.517. The van der Waals surface area contributed by atoms with Crippen molar-refractivity contribution in [3.05, 3.63) is 62.9 Å². The highest BCUT2D eigenvalue weighted by molar-refractivity contribution is 14.1. The summed E-state index contributed by atoms with van der Waals surface area (Å²) >= 11 is 2.20. The van der Waals surface area contributed by atoms with E-state index in [-0.39, 0.29) is 11.9 Å². The van der Waals surface area contributed by atoms with Gasteiger partial charge in [0.05, 0.1) is 25.3 Å². The minimum Gasteiger partial charge on any atom is -0.493 e. The molecule has 152 valence electrons. The topological polar surface area (TPSA) is 88.7 Å². The number of anilines is 1. The second kappa shape index (κ2) is 9.17. The van der Waals surface area contributed by atoms with Gasteiger partial charge in [-0.05, 0) is 78.4 Å². The van der Waals surface area contributed by atoms with Crippen molar-refractivity contribution in [2.24, 2.45) is 0 Å². The number of urea groups is 1. The number of ether oxygens (including phenoxy) is 2. The van der Waals surface area contributed by atoms with Crippen molar-refractivity contribution in [3.8, 4) is 11.5 Å². The van der Waals surface area contributed by atoms with Gasteiger partial charge in [0.2, 0.25) is 0 Å². The summed E-state index contributed by atoms with van der Waals surface area (Å²) in [7, 11) is 1.55. The zero-order chi connectivity index (χ0) is 21.0. The van der Waals surface area contributed by atoms with E-state index < -0.39 is 6.04 Å². The normalized spacial score (nSPS) is 16.0. The summed E-state index contributed by atoms with van der Waals surface area (Å²) in [6.07, 6.45) is 0. The Morgan fingerprint density at radius 2 is 1.90 bits per heavy atom. The SMILES string of the molecule is CCOc1ccc(C2NC(=O)NC(C)=C2C(=O)Nc2ccc(I)cc2)cc1OC. The smallest absolute Gasteiger partial charge is 0.319 e. The number of allylic oxidation sites excluding steroid dienone is 1. The van der Waals surface area contributed by atoms with E-state index in [1.54, 1.807) is 26.2 Å². The molecule has 0 spiro atoms. The molecule has 0 bridgehead atoms. The third kappa shape index (κ3) is 4.81. The van der Waals surface area contributed by atoms with Gasteiger partial charge in [-0.25, -0.2) is 4.79 Å². The highest BCUT2D eigenvalue weighted by Gasteiger charge is 2.31. The predicted octanol–water partition coefficient (Wildman–Crippen LogP) is 3.97. The molecular weight excluding hydrogens is 485 g/mol. The molecule has 7 nitrogen and oxygen atoms in total. The van der Waals surface area contributed by atoms with Crippen LogP contribution in [-0.2, 0) is 4.79 Å². The first-order chi connectivity index (χ1) is 13.9. The first kappa shape index (κ1) is 21.0. The monoisotopic (exact) mass is 507 g/mol. The zero-order valence-corrected chi connectivity index (χ0v) is 18.5. The molecule has 3 N–H and O–H groups in total. The Balaban J connectivity index is 1.95. The number of rotatable bonds is 6. The number of nitrogens with one attached hydrogen (secondary N) is 3. The lowest BCUT2D eigenvalue weighted by Gasteiger charge is -2.29. The molecule has 0 aliphatic carbocycles. The number of hydrogen-bond acceptors (Lipinski definition) is 4. The molecule has 3 amide bonds. The number of benzene rings is 2. The fourth-order valence-electron chi connectivity index (χ4n) is 3.12. The molecule has 0 saturated carbocycles. The standard InChI is InChI=1S/C21H22IN3O4/c1-4-29-16-10-5-13(11-17(16)28-3)19-18(12(2)23-21(27)25-19)20(26)24-15-8-6-14(22)7-9-15/h5-11,19H,4H2,1-3H3,(H,24,26)(H2,23,25,27). The highest BCUT2D eigenvalue weighted by Crippen LogP contribution is 2.34. The van der Waals surface area contributed by atoms with Crippen molar-refractivity contribution in [2.75, 3.05) is 19.0 Å². The van der Waals surface area contributed by atoms with E-state index in [9.17, 15) is 9.59 Å². The van der Waals surface area contributed by atoms with Gasteiger partial charge in [0.1, 0.15) is 0 Å². The molecule has 0 saturated heterocycles. The molecule has 0 radical (unpaired) electrons. The number of amides is 3. The summed E-state index contributed by atoms with van der Waals surface area (Å²) in [5, 5.41) is 8.40. The van der Waals surface area contributed by atoms with Crippen LogP contribution in [0.1, 0.15) is 25.5 Å². The summed E-state index contributed by atoms with van der Waals surface area (Å²) in [5.74, 6) is 0.839. The van der Waals surface area contributed by atoms with Gasteiger partial charge in [0.25, 0.3) is 5.91 Å². The summed E-state index contributed by atoms with van der Waals surface area (Å²) in [6.45, 7) is 4.10. The van der Waals surface area contributed by atoms with Crippen LogP contribution in [0.4, 0.5) is 10.5 Å². The lowest BCUT2D eigenvalue weighted by molar-refractivity contribution is -0.113. The van der Waals surface area contributed by atoms with E-state index in [0.29, 0.717) is 40.6 Å². The number of carbonyl (C=O) groups is 2. The Kier molecular flexibility index (Phi) is 6.63. The van der Waals surface area contributed by atoms with Gasteiger partial charge in [-0.1, -0.05) is 6.07 Å². The molecule has 2 aromatic carbocycles. The second-order valence-electron chi connectivity index (χ2n) is 6.37. The molecule has 1 unspecified atom stereocenters. The van der Waals surface area contributed by atoms with Gasteiger partial charge in [-0.2, -0.15) is 0 Å². The summed E-state index contributed by atoms with van der Waals surface area (Å²) < 4.78 is 12.0. The van der Waals surface area contributed by atoms with Crippen LogP contribution in [0.5, 0.6) is 11.5 Å². The van der Waals surface area contributed by atoms with Gasteiger partial charge >= 0.3 is 6.03 Å². The van der Waals surface area contributed by atoms with Gasteiger partial charge in [-0.15, -0.1) is 0 Å². The molecule has 1 heterocycles. The molecule has 2 aromatic rings. The van der Waals surface area contributed by atoms with Gasteiger partial charge in [-0.3, -0.25) is 4.79 Å². The Morgan fingerprint density at radius 3 is 2.55 bits per heavy atom. The summed E-state index contributed by atoms with van der Waals surface area (Å²) in [5.41, 5.74) is 2.31. The first-order valence-corrected chi connectivity index (χ1v) is 10.2. The first-order valence-electron chi connectivity index (χ1n) is 9.08. The van der Waals surface area contributed by atoms with Crippen LogP contribution in [-0.4, -0.2) is 25.7 Å². The van der Waals surface area contributed by atoms with E-state index in [2.05, 4.69) is 38.5 Å². The van der Waals surface area contributed by atoms with E-state index in [1.807, 2.05) is 37.3 Å². The molecule has 1 atom stereocenters. The average Bonchev–Trinajstić information content (AvgIpc) is 2.69. The number of methoxy groups -OCH3 is 1. The van der Waals surface area contributed by atoms with Gasteiger partial charge in [0.15, 0.2) is 11.5 Å². The zero-order valence-electron chi connectivity index (χ0n) is 16.3. The molecule has 0 fully saturated rings. The van der Waals surface area contributed by atoms with E-state index in [1.165, 1.54) is 0 Å². The Bertz CT molecular complexity index is 957. The maximum Gasteiger partial charge on any atom is 0.319 e. The second-order valence-corrected chi connectivity index (χ2v) is 7.62. The highest BCUT2D eigenvalue weighted by atomic mass is 127. The lowest BCUT2D eigenvalue weighted by atomic mass is 9.94. The molecule has 1 aliphatic rings. The van der Waals surface area contributed by atoms with E-state index >= 15 is 0 Å². The fraction of sp³-hybridized carbons (Fsp3) is 0.238.